The summed E-state index contributed by atoms with van der Waals surface area (Å²) in [6.45, 7) is 5.23. The lowest BCUT2D eigenvalue weighted by Crippen LogP contribution is -1.97. The van der Waals surface area contributed by atoms with Crippen LogP contribution in [-0.4, -0.2) is 5.11 Å². The standard InChI is InChI=1S/C14H15FO2S/c1-8-6-14(11(9(2)16)7-12(8)15)18-13-4-5-17-10(13)3/h4-7,9,16H,1-3H3/t9-/m0/s1. The van der Waals surface area contributed by atoms with Crippen LogP contribution < -0.4 is 0 Å². The molecule has 4 heteroatoms. The van der Waals surface area contributed by atoms with Crippen LogP contribution in [0, 0.1) is 19.7 Å². The zero-order chi connectivity index (χ0) is 13.3. The van der Waals surface area contributed by atoms with Crippen molar-refractivity contribution in [1.82, 2.24) is 0 Å². The number of aliphatic hydroxyl groups excluding tert-OH is 1. The molecule has 0 aliphatic carbocycles. The fourth-order valence-electron chi connectivity index (χ4n) is 1.68. The lowest BCUT2D eigenvalue weighted by molar-refractivity contribution is 0.196. The van der Waals surface area contributed by atoms with Crippen LogP contribution in [0.5, 0.6) is 0 Å². The molecule has 2 rings (SSSR count). The molecule has 0 aliphatic heterocycles. The topological polar surface area (TPSA) is 33.4 Å². The molecule has 0 radical (unpaired) electrons. The second-order valence-corrected chi connectivity index (χ2v) is 5.34. The van der Waals surface area contributed by atoms with Crippen LogP contribution >= 0.6 is 11.8 Å². The molecule has 0 amide bonds. The molecule has 1 aromatic heterocycles. The minimum atomic E-state index is -0.699. The number of halogens is 1. The molecule has 0 bridgehead atoms. The van der Waals surface area contributed by atoms with Crippen LogP contribution in [-0.2, 0) is 0 Å². The van der Waals surface area contributed by atoms with Crippen molar-refractivity contribution < 1.29 is 13.9 Å². The first-order chi connectivity index (χ1) is 8.49. The molecular weight excluding hydrogens is 251 g/mol. The van der Waals surface area contributed by atoms with Crippen molar-refractivity contribution in [3.63, 3.8) is 0 Å². The summed E-state index contributed by atoms with van der Waals surface area (Å²) >= 11 is 1.48. The number of furan rings is 1. The van der Waals surface area contributed by atoms with E-state index in [2.05, 4.69) is 0 Å². The van der Waals surface area contributed by atoms with Gasteiger partial charge in [-0.05, 0) is 50.1 Å². The Morgan fingerprint density at radius 3 is 2.56 bits per heavy atom. The highest BCUT2D eigenvalue weighted by Gasteiger charge is 2.14. The van der Waals surface area contributed by atoms with Crippen molar-refractivity contribution in [2.75, 3.05) is 0 Å². The SMILES string of the molecule is Cc1cc(Sc2ccoc2C)c([C@H](C)O)cc1F. The van der Waals surface area contributed by atoms with Gasteiger partial charge in [0.1, 0.15) is 11.6 Å². The van der Waals surface area contributed by atoms with E-state index < -0.39 is 6.10 Å². The normalized spacial score (nSPS) is 12.7. The maximum Gasteiger partial charge on any atom is 0.126 e. The fraction of sp³-hybridized carbons (Fsp3) is 0.286. The van der Waals surface area contributed by atoms with Gasteiger partial charge >= 0.3 is 0 Å². The summed E-state index contributed by atoms with van der Waals surface area (Å²) in [5, 5.41) is 9.71. The van der Waals surface area contributed by atoms with Crippen LogP contribution in [0.25, 0.3) is 0 Å². The van der Waals surface area contributed by atoms with Gasteiger partial charge in [0.2, 0.25) is 0 Å². The number of rotatable bonds is 3. The predicted octanol–water partition coefficient (Wildman–Crippen LogP) is 4.24. The Morgan fingerprint density at radius 2 is 2.00 bits per heavy atom. The monoisotopic (exact) mass is 266 g/mol. The average Bonchev–Trinajstić information content (AvgIpc) is 2.69. The highest BCUT2D eigenvalue weighted by molar-refractivity contribution is 7.99. The quantitative estimate of drug-likeness (QED) is 0.902. The Labute approximate surface area is 110 Å². The Bertz CT molecular complexity index is 561. The smallest absolute Gasteiger partial charge is 0.126 e. The van der Waals surface area contributed by atoms with Crippen LogP contribution in [0.1, 0.15) is 29.9 Å². The fourth-order valence-corrected chi connectivity index (χ4v) is 2.82. The van der Waals surface area contributed by atoms with Gasteiger partial charge in [0.05, 0.1) is 17.3 Å². The molecule has 2 aromatic rings. The molecule has 0 unspecified atom stereocenters. The first-order valence-corrected chi connectivity index (χ1v) is 6.50. The van der Waals surface area contributed by atoms with E-state index in [0.717, 1.165) is 15.6 Å². The van der Waals surface area contributed by atoms with Gasteiger partial charge in [-0.3, -0.25) is 0 Å². The molecule has 2 nitrogen and oxygen atoms in total. The Morgan fingerprint density at radius 1 is 1.28 bits per heavy atom. The van der Waals surface area contributed by atoms with E-state index in [1.807, 2.05) is 13.0 Å². The summed E-state index contributed by atoms with van der Waals surface area (Å²) in [5.41, 5.74) is 1.17. The van der Waals surface area contributed by atoms with E-state index >= 15 is 0 Å². The van der Waals surface area contributed by atoms with E-state index in [4.69, 9.17) is 4.42 Å². The summed E-state index contributed by atoms with van der Waals surface area (Å²) in [7, 11) is 0. The van der Waals surface area contributed by atoms with Crippen molar-refractivity contribution in [1.29, 1.82) is 0 Å². The second kappa shape index (κ2) is 5.16. The van der Waals surface area contributed by atoms with Crippen molar-refractivity contribution in [3.8, 4) is 0 Å². The summed E-state index contributed by atoms with van der Waals surface area (Å²) in [4.78, 5) is 1.83. The molecule has 1 heterocycles. The zero-order valence-electron chi connectivity index (χ0n) is 10.5. The molecule has 1 N–H and O–H groups in total. The number of aryl methyl sites for hydroxylation is 2. The number of hydrogen-bond donors (Lipinski definition) is 1. The maximum atomic E-state index is 13.5. The molecule has 96 valence electrons. The third-order valence-corrected chi connectivity index (χ3v) is 3.99. The van der Waals surface area contributed by atoms with E-state index in [1.54, 1.807) is 26.2 Å². The van der Waals surface area contributed by atoms with Crippen molar-refractivity contribution >= 4 is 11.8 Å². The van der Waals surface area contributed by atoms with Gasteiger partial charge in [-0.15, -0.1) is 0 Å². The summed E-state index contributed by atoms with van der Waals surface area (Å²) in [6, 6.07) is 5.02. The molecule has 0 saturated carbocycles. The molecular formula is C14H15FO2S. The third-order valence-electron chi connectivity index (χ3n) is 2.77. The van der Waals surface area contributed by atoms with E-state index in [-0.39, 0.29) is 5.82 Å². The van der Waals surface area contributed by atoms with Gasteiger partial charge < -0.3 is 9.52 Å². The van der Waals surface area contributed by atoms with Crippen LogP contribution in [0.3, 0.4) is 0 Å². The van der Waals surface area contributed by atoms with Gasteiger partial charge in [0.15, 0.2) is 0 Å². The predicted molar refractivity (Wildman–Crippen MR) is 69.3 cm³/mol. The van der Waals surface area contributed by atoms with E-state index in [9.17, 15) is 9.50 Å². The van der Waals surface area contributed by atoms with Gasteiger partial charge in [-0.1, -0.05) is 11.8 Å². The van der Waals surface area contributed by atoms with Crippen molar-refractivity contribution in [2.45, 2.75) is 36.7 Å². The maximum absolute atomic E-state index is 13.5. The number of hydrogen-bond acceptors (Lipinski definition) is 3. The Hall–Kier alpha value is -1.26. The summed E-state index contributed by atoms with van der Waals surface area (Å²) in [6.07, 6.45) is 0.922. The van der Waals surface area contributed by atoms with Crippen LogP contribution in [0.15, 0.2) is 38.7 Å². The number of benzene rings is 1. The average molecular weight is 266 g/mol. The molecule has 0 aliphatic rings. The van der Waals surface area contributed by atoms with E-state index in [1.165, 1.54) is 17.8 Å². The highest BCUT2D eigenvalue weighted by Crippen LogP contribution is 2.36. The van der Waals surface area contributed by atoms with Crippen LogP contribution in [0.2, 0.25) is 0 Å². The van der Waals surface area contributed by atoms with Crippen molar-refractivity contribution in [2.24, 2.45) is 0 Å². The van der Waals surface area contributed by atoms with Gasteiger partial charge in [0, 0.05) is 4.90 Å². The molecule has 1 aromatic carbocycles. The Kier molecular flexibility index (Phi) is 3.78. The highest BCUT2D eigenvalue weighted by atomic mass is 32.2. The van der Waals surface area contributed by atoms with Crippen LogP contribution in [0.4, 0.5) is 4.39 Å². The van der Waals surface area contributed by atoms with Gasteiger partial charge in [0.25, 0.3) is 0 Å². The minimum Gasteiger partial charge on any atom is -0.468 e. The second-order valence-electron chi connectivity index (χ2n) is 4.26. The van der Waals surface area contributed by atoms with E-state index in [0.29, 0.717) is 11.1 Å². The zero-order valence-corrected chi connectivity index (χ0v) is 11.3. The van der Waals surface area contributed by atoms with Crippen molar-refractivity contribution in [3.05, 3.63) is 47.2 Å². The lowest BCUT2D eigenvalue weighted by Gasteiger charge is -2.13. The van der Waals surface area contributed by atoms with Gasteiger partial charge in [-0.25, -0.2) is 4.39 Å². The minimum absolute atomic E-state index is 0.292. The molecule has 1 atom stereocenters. The first-order valence-electron chi connectivity index (χ1n) is 5.69. The molecule has 0 spiro atoms. The largest absolute Gasteiger partial charge is 0.468 e. The lowest BCUT2D eigenvalue weighted by atomic mass is 10.1. The third kappa shape index (κ3) is 2.60. The summed E-state index contributed by atoms with van der Waals surface area (Å²) in [5.74, 6) is 0.526. The Balaban J connectivity index is 2.43. The molecule has 18 heavy (non-hydrogen) atoms. The first kappa shape index (κ1) is 13.2. The molecule has 0 saturated heterocycles. The molecule has 0 fully saturated rings. The summed E-state index contributed by atoms with van der Waals surface area (Å²) < 4.78 is 18.8. The number of aliphatic hydroxyl groups is 1. The van der Waals surface area contributed by atoms with Gasteiger partial charge in [-0.2, -0.15) is 0 Å².